The zero-order valence-electron chi connectivity index (χ0n) is 12.9. The van der Waals surface area contributed by atoms with Crippen molar-refractivity contribution in [1.82, 2.24) is 0 Å². The van der Waals surface area contributed by atoms with E-state index >= 15 is 0 Å². The zero-order chi connectivity index (χ0) is 14.1. The van der Waals surface area contributed by atoms with Crippen molar-refractivity contribution in [2.24, 2.45) is 5.92 Å². The van der Waals surface area contributed by atoms with E-state index in [0.29, 0.717) is 0 Å². The Balaban J connectivity index is 1.46. The summed E-state index contributed by atoms with van der Waals surface area (Å²) in [5.41, 5.74) is 3.20. The van der Waals surface area contributed by atoms with E-state index in [-0.39, 0.29) is 5.60 Å². The molecule has 1 saturated carbocycles. The molecule has 1 N–H and O–H groups in total. The molecule has 21 heavy (non-hydrogen) atoms. The quantitative estimate of drug-likeness (QED) is 0.849. The van der Waals surface area contributed by atoms with Crippen LogP contribution in [0.15, 0.2) is 24.3 Å². The van der Waals surface area contributed by atoms with Crippen molar-refractivity contribution in [2.45, 2.75) is 62.9 Å². The van der Waals surface area contributed by atoms with Crippen LogP contribution in [0.3, 0.4) is 0 Å². The first kappa shape index (κ1) is 13.6. The van der Waals surface area contributed by atoms with Crippen LogP contribution in [0.2, 0.25) is 0 Å². The van der Waals surface area contributed by atoms with Crippen molar-refractivity contribution in [3.05, 3.63) is 29.8 Å². The number of nitrogens with one attached hydrogen (secondary N) is 1. The molecule has 0 aromatic heterocycles. The third kappa shape index (κ3) is 2.70. The Kier molecular flexibility index (Phi) is 3.66. The van der Waals surface area contributed by atoms with Crippen molar-refractivity contribution < 1.29 is 4.74 Å². The lowest BCUT2D eigenvalue weighted by Gasteiger charge is -2.40. The fourth-order valence-corrected chi connectivity index (χ4v) is 4.90. The first-order valence-electron chi connectivity index (χ1n) is 8.81. The molecule has 0 amide bonds. The summed E-state index contributed by atoms with van der Waals surface area (Å²) >= 11 is 0. The van der Waals surface area contributed by atoms with Crippen molar-refractivity contribution in [3.8, 4) is 0 Å². The van der Waals surface area contributed by atoms with Gasteiger partial charge in [-0.2, -0.15) is 0 Å². The topological polar surface area (TPSA) is 21.3 Å². The van der Waals surface area contributed by atoms with Gasteiger partial charge in [-0.05, 0) is 62.0 Å². The maximum absolute atomic E-state index is 6.20. The molecule has 2 atom stereocenters. The summed E-state index contributed by atoms with van der Waals surface area (Å²) in [6, 6.07) is 8.91. The molecule has 1 saturated heterocycles. The van der Waals surface area contributed by atoms with E-state index in [0.717, 1.165) is 25.0 Å². The number of fused-ring (bicyclic) bond motifs is 1. The molecule has 2 unspecified atom stereocenters. The van der Waals surface area contributed by atoms with Crippen LogP contribution in [-0.4, -0.2) is 18.8 Å². The lowest BCUT2D eigenvalue weighted by Crippen LogP contribution is -2.37. The van der Waals surface area contributed by atoms with Gasteiger partial charge in [0.05, 0.1) is 5.60 Å². The third-order valence-corrected chi connectivity index (χ3v) is 5.94. The van der Waals surface area contributed by atoms with Gasteiger partial charge < -0.3 is 10.1 Å². The Morgan fingerprint density at radius 3 is 2.90 bits per heavy atom. The SMILES string of the molecule is c1ccc2c(c1)NCCC2CC1CCOC2(CCCC2)C1. The van der Waals surface area contributed by atoms with Crippen LogP contribution in [0.4, 0.5) is 5.69 Å². The Hall–Kier alpha value is -1.02. The van der Waals surface area contributed by atoms with E-state index in [9.17, 15) is 0 Å². The minimum absolute atomic E-state index is 0.273. The van der Waals surface area contributed by atoms with Crippen molar-refractivity contribution >= 4 is 5.69 Å². The van der Waals surface area contributed by atoms with E-state index in [1.807, 2.05) is 0 Å². The number of hydrogen-bond acceptors (Lipinski definition) is 2. The van der Waals surface area contributed by atoms with Crippen LogP contribution in [-0.2, 0) is 4.74 Å². The maximum atomic E-state index is 6.20. The first-order chi connectivity index (χ1) is 10.3. The summed E-state index contributed by atoms with van der Waals surface area (Å²) in [5, 5.41) is 3.55. The summed E-state index contributed by atoms with van der Waals surface area (Å²) in [6.07, 6.45) is 10.6. The van der Waals surface area contributed by atoms with Gasteiger partial charge >= 0.3 is 0 Å². The molecule has 1 aromatic rings. The molecule has 2 nitrogen and oxygen atoms in total. The van der Waals surface area contributed by atoms with Crippen molar-refractivity contribution in [3.63, 3.8) is 0 Å². The first-order valence-corrected chi connectivity index (χ1v) is 8.81. The van der Waals surface area contributed by atoms with Crippen LogP contribution >= 0.6 is 0 Å². The Morgan fingerprint density at radius 1 is 1.14 bits per heavy atom. The molecule has 3 aliphatic rings. The van der Waals surface area contributed by atoms with Crippen LogP contribution in [0.1, 0.15) is 62.8 Å². The smallest absolute Gasteiger partial charge is 0.0685 e. The van der Waals surface area contributed by atoms with Crippen LogP contribution in [0.5, 0.6) is 0 Å². The molecule has 1 spiro atoms. The molecule has 4 rings (SSSR count). The Bertz CT molecular complexity index is 492. The highest BCUT2D eigenvalue weighted by molar-refractivity contribution is 5.54. The van der Waals surface area contributed by atoms with E-state index in [1.165, 1.54) is 57.1 Å². The molecule has 0 radical (unpaired) electrons. The van der Waals surface area contributed by atoms with Gasteiger partial charge in [-0.1, -0.05) is 31.0 Å². The molecule has 1 aromatic carbocycles. The van der Waals surface area contributed by atoms with E-state index < -0.39 is 0 Å². The Morgan fingerprint density at radius 2 is 2.00 bits per heavy atom. The minimum atomic E-state index is 0.273. The van der Waals surface area contributed by atoms with Gasteiger partial charge in [0.15, 0.2) is 0 Å². The summed E-state index contributed by atoms with van der Waals surface area (Å²) in [5.74, 6) is 1.62. The van der Waals surface area contributed by atoms with Crippen LogP contribution in [0, 0.1) is 5.92 Å². The molecule has 2 heteroatoms. The summed E-state index contributed by atoms with van der Waals surface area (Å²) in [4.78, 5) is 0. The van der Waals surface area contributed by atoms with Crippen molar-refractivity contribution in [1.29, 1.82) is 0 Å². The van der Waals surface area contributed by atoms with Crippen molar-refractivity contribution in [2.75, 3.05) is 18.5 Å². The fraction of sp³-hybridized carbons (Fsp3) is 0.684. The predicted molar refractivity (Wildman–Crippen MR) is 86.8 cm³/mol. The van der Waals surface area contributed by atoms with Crippen LogP contribution < -0.4 is 5.32 Å². The van der Waals surface area contributed by atoms with E-state index in [2.05, 4.69) is 29.6 Å². The molecule has 2 heterocycles. The lowest BCUT2D eigenvalue weighted by molar-refractivity contribution is -0.0945. The standard InChI is InChI=1S/C19H27NO/c1-2-6-18-17(5-1)16(7-11-20-18)13-15-8-12-21-19(14-15)9-3-4-10-19/h1-2,5-6,15-16,20H,3-4,7-14H2. The second-order valence-corrected chi connectivity index (χ2v) is 7.33. The molecular formula is C19H27NO. The number of rotatable bonds is 2. The van der Waals surface area contributed by atoms with Crippen LogP contribution in [0.25, 0.3) is 0 Å². The number of para-hydroxylation sites is 1. The number of hydrogen-bond donors (Lipinski definition) is 1. The highest BCUT2D eigenvalue weighted by atomic mass is 16.5. The second-order valence-electron chi connectivity index (χ2n) is 7.33. The molecule has 114 valence electrons. The average molecular weight is 285 g/mol. The maximum Gasteiger partial charge on any atom is 0.0685 e. The van der Waals surface area contributed by atoms with Gasteiger partial charge in [0, 0.05) is 18.8 Å². The Labute approximate surface area is 128 Å². The van der Waals surface area contributed by atoms with Gasteiger partial charge in [0.25, 0.3) is 0 Å². The highest BCUT2D eigenvalue weighted by Crippen LogP contribution is 2.45. The largest absolute Gasteiger partial charge is 0.385 e. The number of ether oxygens (including phenoxy) is 1. The van der Waals surface area contributed by atoms with Gasteiger partial charge in [0.1, 0.15) is 0 Å². The monoisotopic (exact) mass is 285 g/mol. The second kappa shape index (κ2) is 5.64. The normalized spacial score (nSPS) is 30.9. The lowest BCUT2D eigenvalue weighted by atomic mass is 9.76. The molecule has 2 aliphatic heterocycles. The summed E-state index contributed by atoms with van der Waals surface area (Å²) in [7, 11) is 0. The van der Waals surface area contributed by atoms with E-state index in [4.69, 9.17) is 4.74 Å². The fourth-order valence-electron chi connectivity index (χ4n) is 4.90. The summed E-state index contributed by atoms with van der Waals surface area (Å²) in [6.45, 7) is 2.13. The molecular weight excluding hydrogens is 258 g/mol. The minimum Gasteiger partial charge on any atom is -0.385 e. The summed E-state index contributed by atoms with van der Waals surface area (Å²) < 4.78 is 6.20. The van der Waals surface area contributed by atoms with Gasteiger partial charge in [-0.3, -0.25) is 0 Å². The molecule has 2 fully saturated rings. The zero-order valence-corrected chi connectivity index (χ0v) is 12.9. The number of benzene rings is 1. The molecule has 0 bridgehead atoms. The van der Waals surface area contributed by atoms with Gasteiger partial charge in [-0.15, -0.1) is 0 Å². The average Bonchev–Trinajstić information content (AvgIpc) is 2.95. The van der Waals surface area contributed by atoms with Gasteiger partial charge in [-0.25, -0.2) is 0 Å². The number of anilines is 1. The third-order valence-electron chi connectivity index (χ3n) is 5.94. The molecule has 1 aliphatic carbocycles. The van der Waals surface area contributed by atoms with E-state index in [1.54, 1.807) is 5.56 Å². The predicted octanol–water partition coefficient (Wildman–Crippen LogP) is 4.72. The van der Waals surface area contributed by atoms with Gasteiger partial charge in [0.2, 0.25) is 0 Å². The highest BCUT2D eigenvalue weighted by Gasteiger charge is 2.40.